The maximum atomic E-state index is 11.2. The Balaban J connectivity index is 2.40. The normalized spacial score (nSPS) is 24.2. The quantitative estimate of drug-likeness (QED) is 0.619. The van der Waals surface area contributed by atoms with Gasteiger partial charge in [-0.25, -0.2) is 0 Å². The molecule has 4 nitrogen and oxygen atoms in total. The van der Waals surface area contributed by atoms with Gasteiger partial charge in [0.25, 0.3) is 0 Å². The topological polar surface area (TPSA) is 49.8 Å². The number of carbonyl (C=O) groups is 1. The molecule has 1 amide bonds. The van der Waals surface area contributed by atoms with Crippen LogP contribution in [0.25, 0.3) is 0 Å². The second-order valence-corrected chi connectivity index (χ2v) is 2.87. The highest BCUT2D eigenvalue weighted by Gasteiger charge is 2.22. The molecule has 4 heteroatoms. The zero-order valence-corrected chi connectivity index (χ0v) is 7.32. The van der Waals surface area contributed by atoms with Crippen LogP contribution < -0.4 is 0 Å². The Morgan fingerprint density at radius 3 is 3.08 bits per heavy atom. The second-order valence-electron chi connectivity index (χ2n) is 2.87. The molecule has 0 bridgehead atoms. The lowest BCUT2D eigenvalue weighted by atomic mass is 10.2. The molecule has 0 spiro atoms. The van der Waals surface area contributed by atoms with Crippen LogP contribution in [0, 0.1) is 0 Å². The van der Waals surface area contributed by atoms with Crippen LogP contribution in [0.1, 0.15) is 13.3 Å². The molecule has 0 aliphatic carbocycles. The van der Waals surface area contributed by atoms with Crippen molar-refractivity contribution in [3.8, 4) is 0 Å². The van der Waals surface area contributed by atoms with Crippen molar-refractivity contribution in [3.05, 3.63) is 0 Å². The highest BCUT2D eigenvalue weighted by molar-refractivity contribution is 5.75. The number of rotatable bonds is 2. The van der Waals surface area contributed by atoms with E-state index in [1.54, 1.807) is 4.90 Å². The van der Waals surface area contributed by atoms with E-state index >= 15 is 0 Å². The highest BCUT2D eigenvalue weighted by Crippen LogP contribution is 2.05. The zero-order valence-electron chi connectivity index (χ0n) is 7.32. The Bertz CT molecular complexity index is 160. The fourth-order valence-corrected chi connectivity index (χ4v) is 1.28. The lowest BCUT2D eigenvalue weighted by Crippen LogP contribution is -2.46. The predicted octanol–water partition coefficient (Wildman–Crippen LogP) is -0.384. The van der Waals surface area contributed by atoms with E-state index in [2.05, 4.69) is 0 Å². The molecule has 1 aliphatic heterocycles. The van der Waals surface area contributed by atoms with E-state index in [1.165, 1.54) is 0 Å². The van der Waals surface area contributed by atoms with E-state index in [4.69, 9.17) is 9.84 Å². The smallest absolute Gasteiger partial charge is 0.222 e. The van der Waals surface area contributed by atoms with Gasteiger partial charge >= 0.3 is 0 Å². The molecule has 0 saturated carbocycles. The summed E-state index contributed by atoms with van der Waals surface area (Å²) in [6, 6.07) is 0. The monoisotopic (exact) mass is 173 g/mol. The van der Waals surface area contributed by atoms with Crippen LogP contribution in [-0.2, 0) is 9.53 Å². The van der Waals surface area contributed by atoms with Gasteiger partial charge in [-0.1, -0.05) is 6.92 Å². The number of aliphatic hydroxyl groups is 1. The molecular formula is C8H15NO3. The maximum absolute atomic E-state index is 11.2. The van der Waals surface area contributed by atoms with Gasteiger partial charge < -0.3 is 14.7 Å². The van der Waals surface area contributed by atoms with E-state index < -0.39 is 0 Å². The summed E-state index contributed by atoms with van der Waals surface area (Å²) in [6.07, 6.45) is 0.340. The first-order chi connectivity index (χ1) is 5.77. The third-order valence-corrected chi connectivity index (χ3v) is 2.00. The van der Waals surface area contributed by atoms with Crippen molar-refractivity contribution in [2.24, 2.45) is 0 Å². The van der Waals surface area contributed by atoms with Gasteiger partial charge in [0.05, 0.1) is 19.3 Å². The summed E-state index contributed by atoms with van der Waals surface area (Å²) in [7, 11) is 0. The Morgan fingerprint density at radius 1 is 1.75 bits per heavy atom. The first kappa shape index (κ1) is 9.48. The molecule has 0 radical (unpaired) electrons. The fourth-order valence-electron chi connectivity index (χ4n) is 1.28. The predicted molar refractivity (Wildman–Crippen MR) is 43.7 cm³/mol. The summed E-state index contributed by atoms with van der Waals surface area (Å²) < 4.78 is 5.21. The van der Waals surface area contributed by atoms with Crippen LogP contribution >= 0.6 is 0 Å². The van der Waals surface area contributed by atoms with Gasteiger partial charge in [0.2, 0.25) is 5.91 Å². The number of hydrogen-bond donors (Lipinski definition) is 1. The standard InChI is InChI=1S/C8H15NO3/c1-2-8(11)9-3-4-12-7(5-9)6-10/h7,10H,2-6H2,1H3. The SMILES string of the molecule is CCC(=O)N1CCOC(CO)C1. The number of hydrogen-bond acceptors (Lipinski definition) is 3. The summed E-state index contributed by atoms with van der Waals surface area (Å²) in [5.41, 5.74) is 0. The van der Waals surface area contributed by atoms with Crippen LogP contribution in [0.3, 0.4) is 0 Å². The van der Waals surface area contributed by atoms with Crippen molar-refractivity contribution >= 4 is 5.91 Å². The van der Waals surface area contributed by atoms with Crippen molar-refractivity contribution in [2.45, 2.75) is 19.4 Å². The number of amides is 1. The van der Waals surface area contributed by atoms with Crippen molar-refractivity contribution < 1.29 is 14.6 Å². The summed E-state index contributed by atoms with van der Waals surface area (Å²) in [5.74, 6) is 0.136. The van der Waals surface area contributed by atoms with Crippen LogP contribution in [0.4, 0.5) is 0 Å². The molecule has 70 valence electrons. The summed E-state index contributed by atoms with van der Waals surface area (Å²) in [6.45, 7) is 3.56. The highest BCUT2D eigenvalue weighted by atomic mass is 16.5. The molecule has 1 aliphatic rings. The number of ether oxygens (including phenoxy) is 1. The number of nitrogens with zero attached hydrogens (tertiary/aromatic N) is 1. The van der Waals surface area contributed by atoms with Crippen LogP contribution in [0.5, 0.6) is 0 Å². The third kappa shape index (κ3) is 2.19. The first-order valence-electron chi connectivity index (χ1n) is 4.28. The second kappa shape index (κ2) is 4.42. The Hall–Kier alpha value is -0.610. The molecule has 1 saturated heterocycles. The first-order valence-corrected chi connectivity index (χ1v) is 4.28. The largest absolute Gasteiger partial charge is 0.394 e. The van der Waals surface area contributed by atoms with E-state index in [9.17, 15) is 4.79 Å². The Morgan fingerprint density at radius 2 is 2.50 bits per heavy atom. The van der Waals surface area contributed by atoms with Crippen molar-refractivity contribution in [1.29, 1.82) is 0 Å². The van der Waals surface area contributed by atoms with Crippen molar-refractivity contribution in [1.82, 2.24) is 4.90 Å². The third-order valence-electron chi connectivity index (χ3n) is 2.00. The van der Waals surface area contributed by atoms with Crippen LogP contribution in [0.2, 0.25) is 0 Å². The Kier molecular flexibility index (Phi) is 3.49. The summed E-state index contributed by atoms with van der Waals surface area (Å²) in [4.78, 5) is 13.0. The fraction of sp³-hybridized carbons (Fsp3) is 0.875. The van der Waals surface area contributed by atoms with E-state index in [0.717, 1.165) is 0 Å². The van der Waals surface area contributed by atoms with Gasteiger partial charge in [0.1, 0.15) is 0 Å². The number of aliphatic hydroxyl groups excluding tert-OH is 1. The van der Waals surface area contributed by atoms with Gasteiger partial charge in [-0.05, 0) is 0 Å². The van der Waals surface area contributed by atoms with Crippen LogP contribution in [0.15, 0.2) is 0 Å². The molecule has 1 atom stereocenters. The van der Waals surface area contributed by atoms with Gasteiger partial charge in [-0.3, -0.25) is 4.79 Å². The Labute approximate surface area is 72.1 Å². The van der Waals surface area contributed by atoms with Gasteiger partial charge in [0.15, 0.2) is 0 Å². The lowest BCUT2D eigenvalue weighted by molar-refractivity contribution is -0.139. The molecule has 1 fully saturated rings. The molecule has 1 N–H and O–H groups in total. The summed E-state index contributed by atoms with van der Waals surface area (Å²) in [5, 5.41) is 8.80. The molecule has 1 heterocycles. The van der Waals surface area contributed by atoms with Crippen LogP contribution in [-0.4, -0.2) is 48.3 Å². The average molecular weight is 173 g/mol. The van der Waals surface area contributed by atoms with E-state index in [-0.39, 0.29) is 18.6 Å². The minimum Gasteiger partial charge on any atom is -0.394 e. The average Bonchev–Trinajstić information content (AvgIpc) is 2.17. The van der Waals surface area contributed by atoms with Gasteiger partial charge in [-0.15, -0.1) is 0 Å². The van der Waals surface area contributed by atoms with Gasteiger partial charge in [-0.2, -0.15) is 0 Å². The maximum Gasteiger partial charge on any atom is 0.222 e. The van der Waals surface area contributed by atoms with Gasteiger partial charge in [0, 0.05) is 19.5 Å². The molecule has 0 aromatic heterocycles. The van der Waals surface area contributed by atoms with Crippen molar-refractivity contribution in [3.63, 3.8) is 0 Å². The number of morpholine rings is 1. The lowest BCUT2D eigenvalue weighted by Gasteiger charge is -2.31. The molecule has 0 aromatic rings. The zero-order chi connectivity index (χ0) is 8.97. The number of carbonyl (C=O) groups excluding carboxylic acids is 1. The summed E-state index contributed by atoms with van der Waals surface area (Å²) >= 11 is 0. The molecular weight excluding hydrogens is 158 g/mol. The molecule has 1 unspecified atom stereocenters. The molecule has 1 rings (SSSR count). The minimum absolute atomic E-state index is 0.00645. The molecule has 12 heavy (non-hydrogen) atoms. The minimum atomic E-state index is -0.186. The van der Waals surface area contributed by atoms with E-state index in [1.807, 2.05) is 6.92 Å². The van der Waals surface area contributed by atoms with E-state index in [0.29, 0.717) is 26.1 Å². The van der Waals surface area contributed by atoms with Crippen molar-refractivity contribution in [2.75, 3.05) is 26.3 Å². The molecule has 0 aromatic carbocycles.